The van der Waals surface area contributed by atoms with Crippen LogP contribution in [0.1, 0.15) is 23.6 Å². The summed E-state index contributed by atoms with van der Waals surface area (Å²) in [6.45, 7) is 5.20. The zero-order valence-corrected chi connectivity index (χ0v) is 23.5. The Bertz CT molecular complexity index is 1430. The number of amides is 2. The molecular formula is C31H30F6N4O3. The highest BCUT2D eigenvalue weighted by molar-refractivity contribution is 5.81. The predicted molar refractivity (Wildman–Crippen MR) is 154 cm³/mol. The van der Waals surface area contributed by atoms with E-state index < -0.39 is 35.7 Å². The minimum atomic E-state index is -5.00. The van der Waals surface area contributed by atoms with Crippen molar-refractivity contribution in [3.05, 3.63) is 120 Å². The summed E-state index contributed by atoms with van der Waals surface area (Å²) in [5, 5.41) is 5.32. The van der Waals surface area contributed by atoms with Crippen molar-refractivity contribution in [2.75, 3.05) is 13.1 Å². The normalized spacial score (nSPS) is 12.6. The third kappa shape index (κ3) is 10.4. The van der Waals surface area contributed by atoms with E-state index in [1.807, 2.05) is 0 Å². The lowest BCUT2D eigenvalue weighted by atomic mass is 9.70. The van der Waals surface area contributed by atoms with E-state index in [4.69, 9.17) is 5.73 Å². The van der Waals surface area contributed by atoms with Crippen molar-refractivity contribution in [2.24, 2.45) is 10.7 Å². The number of nitrogens with one attached hydrogen (secondary N) is 2. The molecule has 0 heterocycles. The summed E-state index contributed by atoms with van der Waals surface area (Å²) in [5.41, 5.74) is 6.08. The lowest BCUT2D eigenvalue weighted by Gasteiger charge is -2.36. The van der Waals surface area contributed by atoms with Gasteiger partial charge in [-0.2, -0.15) is 0 Å². The van der Waals surface area contributed by atoms with Gasteiger partial charge in [0.05, 0.1) is 5.70 Å². The van der Waals surface area contributed by atoms with Crippen molar-refractivity contribution in [3.63, 3.8) is 0 Å². The maximum atomic E-state index is 13.1. The third-order valence-corrected chi connectivity index (χ3v) is 6.31. The summed E-state index contributed by atoms with van der Waals surface area (Å²) in [6.07, 6.45) is -7.23. The molecular weight excluding hydrogens is 590 g/mol. The summed E-state index contributed by atoms with van der Waals surface area (Å²) in [4.78, 5) is 17.0. The molecule has 0 aliphatic rings. The Morgan fingerprint density at radius 1 is 0.864 bits per heavy atom. The van der Waals surface area contributed by atoms with Gasteiger partial charge >= 0.3 is 18.8 Å². The first-order chi connectivity index (χ1) is 20.7. The number of halogens is 6. The molecule has 7 nitrogen and oxygen atoms in total. The van der Waals surface area contributed by atoms with Crippen molar-refractivity contribution < 1.29 is 40.6 Å². The minimum Gasteiger partial charge on any atom is -0.406 e. The highest BCUT2D eigenvalue weighted by Gasteiger charge is 2.38. The Labute approximate surface area is 250 Å². The van der Waals surface area contributed by atoms with Gasteiger partial charge in [0.2, 0.25) is 0 Å². The Morgan fingerprint density at radius 2 is 1.41 bits per heavy atom. The summed E-state index contributed by atoms with van der Waals surface area (Å²) in [5.74, 6) is -1.09. The second kappa shape index (κ2) is 14.5. The molecule has 13 heteroatoms. The zero-order chi connectivity index (χ0) is 32.4. The van der Waals surface area contributed by atoms with Crippen LogP contribution in [-0.4, -0.2) is 38.1 Å². The monoisotopic (exact) mass is 620 g/mol. The van der Waals surface area contributed by atoms with Gasteiger partial charge in [-0.05, 0) is 59.9 Å². The number of nitrogens with zero attached hydrogens (tertiary/aromatic N) is 1. The molecule has 0 unspecified atom stereocenters. The number of allylic oxidation sites excluding steroid dienone is 1. The number of alkyl halides is 6. The van der Waals surface area contributed by atoms with Gasteiger partial charge in [0.1, 0.15) is 11.5 Å². The van der Waals surface area contributed by atoms with Gasteiger partial charge in [-0.3, -0.25) is 4.99 Å². The lowest BCUT2D eigenvalue weighted by Crippen LogP contribution is -2.47. The van der Waals surface area contributed by atoms with Crippen LogP contribution < -0.4 is 25.8 Å². The van der Waals surface area contributed by atoms with Crippen molar-refractivity contribution in [1.29, 1.82) is 0 Å². The summed E-state index contributed by atoms with van der Waals surface area (Å²) in [6, 6.07) is 18.2. The van der Waals surface area contributed by atoms with E-state index in [1.165, 1.54) is 36.7 Å². The van der Waals surface area contributed by atoms with E-state index in [2.05, 4.69) is 31.7 Å². The van der Waals surface area contributed by atoms with Crippen LogP contribution >= 0.6 is 0 Å². The Morgan fingerprint density at radius 3 is 1.91 bits per heavy atom. The van der Waals surface area contributed by atoms with Crippen LogP contribution in [-0.2, 0) is 11.8 Å². The first kappa shape index (κ1) is 33.6. The summed E-state index contributed by atoms with van der Waals surface area (Å²) in [7, 11) is 0. The van der Waals surface area contributed by atoms with Crippen LogP contribution in [0, 0.1) is 0 Å². The second-order valence-corrected chi connectivity index (χ2v) is 9.66. The molecule has 3 aromatic rings. The van der Waals surface area contributed by atoms with Crippen molar-refractivity contribution in [1.82, 2.24) is 10.6 Å². The Balaban J connectivity index is 2.07. The summed E-state index contributed by atoms with van der Waals surface area (Å²) >= 11 is 0. The van der Waals surface area contributed by atoms with E-state index in [-0.39, 0.29) is 30.6 Å². The molecule has 4 N–H and O–H groups in total. The maximum Gasteiger partial charge on any atom is 0.573 e. The van der Waals surface area contributed by atoms with Crippen molar-refractivity contribution in [2.45, 2.75) is 31.5 Å². The molecule has 0 radical (unpaired) electrons. The van der Waals surface area contributed by atoms with Crippen LogP contribution in [0.2, 0.25) is 0 Å². The first-order valence-electron chi connectivity index (χ1n) is 13.1. The standard InChI is InChI=1S/C31H30F6N4O3/c1-21(18-39-22(2)17-38)19-40-28(42)41-20-29(16-23-8-4-3-5-9-23,24-10-6-12-26(14-24)43-30(32,33)34)25-11-7-13-27(15-25)44-31(35,36)37/h3-15,17-18H,1,16,19-20,38H2,2H3,(H2,40,41,42)/b22-17-,39-18?. The molecule has 44 heavy (non-hydrogen) atoms. The van der Waals surface area contributed by atoms with E-state index in [0.717, 1.165) is 24.3 Å². The number of carbonyl (C=O) groups excluding carboxylic acids is 1. The molecule has 234 valence electrons. The van der Waals surface area contributed by atoms with E-state index >= 15 is 0 Å². The van der Waals surface area contributed by atoms with Crippen LogP contribution in [0.15, 0.2) is 108 Å². The average molecular weight is 621 g/mol. The highest BCUT2D eigenvalue weighted by atomic mass is 19.4. The number of hydrogen-bond acceptors (Lipinski definition) is 5. The number of carbonyl (C=O) groups is 1. The van der Waals surface area contributed by atoms with Crippen LogP contribution in [0.3, 0.4) is 0 Å². The van der Waals surface area contributed by atoms with Gasteiger partial charge in [-0.15, -0.1) is 26.3 Å². The molecule has 0 spiro atoms. The fourth-order valence-electron chi connectivity index (χ4n) is 4.33. The van der Waals surface area contributed by atoms with Crippen molar-refractivity contribution >= 4 is 12.2 Å². The maximum absolute atomic E-state index is 13.1. The van der Waals surface area contributed by atoms with E-state index in [0.29, 0.717) is 16.8 Å². The third-order valence-electron chi connectivity index (χ3n) is 6.31. The van der Waals surface area contributed by atoms with Crippen LogP contribution in [0.4, 0.5) is 31.1 Å². The number of benzene rings is 3. The molecule has 0 aliphatic heterocycles. The average Bonchev–Trinajstić information content (AvgIpc) is 2.96. The molecule has 3 aromatic carbocycles. The molecule has 3 rings (SSSR count). The quantitative estimate of drug-likeness (QED) is 0.154. The number of hydrogen-bond donors (Lipinski definition) is 3. The number of ether oxygens (including phenoxy) is 2. The number of aliphatic imine (C=N–C) groups is 1. The molecule has 0 saturated heterocycles. The molecule has 2 amide bonds. The second-order valence-electron chi connectivity index (χ2n) is 9.66. The van der Waals surface area contributed by atoms with Gasteiger partial charge < -0.3 is 25.8 Å². The van der Waals surface area contributed by atoms with Gasteiger partial charge in [-0.1, -0.05) is 61.2 Å². The van der Waals surface area contributed by atoms with Gasteiger partial charge in [0, 0.05) is 30.9 Å². The van der Waals surface area contributed by atoms with Crippen LogP contribution in [0.5, 0.6) is 11.5 Å². The summed E-state index contributed by atoms with van der Waals surface area (Å²) < 4.78 is 87.1. The lowest BCUT2D eigenvalue weighted by molar-refractivity contribution is -0.275. The predicted octanol–water partition coefficient (Wildman–Crippen LogP) is 6.76. The highest BCUT2D eigenvalue weighted by Crippen LogP contribution is 2.39. The van der Waals surface area contributed by atoms with Crippen LogP contribution in [0.25, 0.3) is 0 Å². The van der Waals surface area contributed by atoms with Gasteiger partial charge in [0.15, 0.2) is 0 Å². The Hall–Kier alpha value is -4.94. The topological polar surface area (TPSA) is 98.0 Å². The molecule has 0 bridgehead atoms. The first-order valence-corrected chi connectivity index (χ1v) is 13.1. The fraction of sp³-hybridized carbons (Fsp3) is 0.226. The van der Waals surface area contributed by atoms with E-state index in [1.54, 1.807) is 37.3 Å². The zero-order valence-electron chi connectivity index (χ0n) is 23.5. The number of nitrogens with two attached hydrogens (primary N) is 1. The fourth-order valence-corrected chi connectivity index (χ4v) is 4.33. The smallest absolute Gasteiger partial charge is 0.406 e. The molecule has 0 aromatic heterocycles. The number of rotatable bonds is 12. The molecule has 0 aliphatic carbocycles. The SMILES string of the molecule is C=C(C=N/C(C)=C\N)CNC(=O)NCC(Cc1ccccc1)(c1cccc(OC(F)(F)F)c1)c1cccc(OC(F)(F)F)c1. The molecule has 0 fully saturated rings. The molecule has 0 saturated carbocycles. The largest absolute Gasteiger partial charge is 0.573 e. The minimum absolute atomic E-state index is 0.0112. The van der Waals surface area contributed by atoms with E-state index in [9.17, 15) is 31.1 Å². The number of urea groups is 1. The molecule has 0 atom stereocenters. The Kier molecular flexibility index (Phi) is 11.1. The van der Waals surface area contributed by atoms with Gasteiger partial charge in [0.25, 0.3) is 0 Å². The van der Waals surface area contributed by atoms with Gasteiger partial charge in [-0.25, -0.2) is 4.79 Å². The van der Waals surface area contributed by atoms with Crippen molar-refractivity contribution in [3.8, 4) is 11.5 Å².